The zero-order chi connectivity index (χ0) is 13.8. The van der Waals surface area contributed by atoms with Crippen molar-refractivity contribution < 1.29 is 13.5 Å². The third-order valence-electron chi connectivity index (χ3n) is 3.49. The second-order valence-corrected chi connectivity index (χ2v) is 4.58. The van der Waals surface area contributed by atoms with Crippen molar-refractivity contribution in [2.75, 3.05) is 26.2 Å². The summed E-state index contributed by atoms with van der Waals surface area (Å²) in [6.07, 6.45) is -0.370. The molecule has 0 aliphatic carbocycles. The zero-order valence-electron chi connectivity index (χ0n) is 10.9. The lowest BCUT2D eigenvalue weighted by Crippen LogP contribution is -2.49. The lowest BCUT2D eigenvalue weighted by Gasteiger charge is -2.36. The average molecular weight is 271 g/mol. The fourth-order valence-corrected chi connectivity index (χ4v) is 2.40. The lowest BCUT2D eigenvalue weighted by molar-refractivity contribution is -0.0467. The third kappa shape index (κ3) is 3.09. The largest absolute Gasteiger partial charge is 0.374 e. The van der Waals surface area contributed by atoms with Crippen LogP contribution in [0.3, 0.4) is 0 Å². The molecule has 0 saturated carbocycles. The van der Waals surface area contributed by atoms with Crippen LogP contribution in [0.2, 0.25) is 0 Å². The predicted octanol–water partition coefficient (Wildman–Crippen LogP) is 1.19. The van der Waals surface area contributed by atoms with E-state index in [-0.39, 0.29) is 11.7 Å². The van der Waals surface area contributed by atoms with E-state index in [9.17, 15) is 8.78 Å². The second kappa shape index (κ2) is 6.38. The van der Waals surface area contributed by atoms with Gasteiger partial charge in [0.2, 0.25) is 0 Å². The van der Waals surface area contributed by atoms with Crippen molar-refractivity contribution in [2.24, 2.45) is 5.84 Å². The molecule has 6 heteroatoms. The number of likely N-dealkylation sites (N-methyl/N-ethyl adjacent to an activating group) is 1. The average Bonchev–Trinajstić information content (AvgIpc) is 2.43. The van der Waals surface area contributed by atoms with Gasteiger partial charge in [-0.25, -0.2) is 8.78 Å². The Morgan fingerprint density at radius 1 is 1.47 bits per heavy atom. The highest BCUT2D eigenvalue weighted by molar-refractivity contribution is 5.24. The molecule has 1 aromatic rings. The Morgan fingerprint density at radius 2 is 2.16 bits per heavy atom. The summed E-state index contributed by atoms with van der Waals surface area (Å²) in [5.74, 6) is 4.26. The Kier molecular flexibility index (Phi) is 4.81. The number of nitrogens with zero attached hydrogens (tertiary/aromatic N) is 1. The van der Waals surface area contributed by atoms with Crippen molar-refractivity contribution in [1.82, 2.24) is 10.3 Å². The monoisotopic (exact) mass is 271 g/mol. The summed E-state index contributed by atoms with van der Waals surface area (Å²) in [6.45, 7) is 4.86. The van der Waals surface area contributed by atoms with Gasteiger partial charge < -0.3 is 4.74 Å². The number of hydrogen-bond donors (Lipinski definition) is 2. The molecular formula is C13H19F2N3O. The standard InChI is InChI=1S/C13H19F2N3O/c1-2-18-6-7-19-11(8-18)13(17-16)12-9(14)4-3-5-10(12)15/h3-5,11,13,17H,2,6-8,16H2,1H3. The molecule has 1 fully saturated rings. The van der Waals surface area contributed by atoms with Crippen molar-refractivity contribution in [3.63, 3.8) is 0 Å². The molecule has 3 N–H and O–H groups in total. The number of nitrogens with two attached hydrogens (primary N) is 1. The molecule has 2 rings (SSSR count). The molecular weight excluding hydrogens is 252 g/mol. The number of rotatable bonds is 4. The van der Waals surface area contributed by atoms with E-state index in [4.69, 9.17) is 10.6 Å². The molecule has 1 aromatic carbocycles. The maximum Gasteiger partial charge on any atom is 0.131 e. The van der Waals surface area contributed by atoms with Gasteiger partial charge in [0.25, 0.3) is 0 Å². The number of morpholine rings is 1. The number of hydrogen-bond acceptors (Lipinski definition) is 4. The van der Waals surface area contributed by atoms with E-state index in [2.05, 4.69) is 10.3 Å². The summed E-state index contributed by atoms with van der Waals surface area (Å²) in [5, 5.41) is 0. The van der Waals surface area contributed by atoms with Gasteiger partial charge in [-0.1, -0.05) is 13.0 Å². The van der Waals surface area contributed by atoms with Crippen molar-refractivity contribution in [2.45, 2.75) is 19.1 Å². The van der Waals surface area contributed by atoms with Crippen molar-refractivity contribution in [3.05, 3.63) is 35.4 Å². The molecule has 0 spiro atoms. The van der Waals surface area contributed by atoms with Gasteiger partial charge in [0.05, 0.1) is 18.8 Å². The highest BCUT2D eigenvalue weighted by atomic mass is 19.1. The fraction of sp³-hybridized carbons (Fsp3) is 0.538. The molecule has 0 radical (unpaired) electrons. The van der Waals surface area contributed by atoms with Crippen LogP contribution in [0.25, 0.3) is 0 Å². The molecule has 1 aliphatic heterocycles. The molecule has 4 nitrogen and oxygen atoms in total. The van der Waals surface area contributed by atoms with Crippen LogP contribution < -0.4 is 11.3 Å². The van der Waals surface area contributed by atoms with Crippen LogP contribution in [0, 0.1) is 11.6 Å². The number of benzene rings is 1. The van der Waals surface area contributed by atoms with E-state index in [1.165, 1.54) is 18.2 Å². The minimum atomic E-state index is -0.699. The van der Waals surface area contributed by atoms with Crippen LogP contribution in [-0.4, -0.2) is 37.2 Å². The normalized spacial score (nSPS) is 22.4. The molecule has 1 heterocycles. The maximum atomic E-state index is 13.8. The van der Waals surface area contributed by atoms with Crippen molar-refractivity contribution in [1.29, 1.82) is 0 Å². The summed E-state index contributed by atoms with van der Waals surface area (Å²) in [6, 6.07) is 3.09. The van der Waals surface area contributed by atoms with Crippen LogP contribution >= 0.6 is 0 Å². The van der Waals surface area contributed by atoms with E-state index < -0.39 is 17.7 Å². The Labute approximate surface area is 111 Å². The van der Waals surface area contributed by atoms with Gasteiger partial charge in [0.1, 0.15) is 11.6 Å². The van der Waals surface area contributed by atoms with Crippen molar-refractivity contribution >= 4 is 0 Å². The summed E-state index contributed by atoms with van der Waals surface area (Å²) in [4.78, 5) is 2.16. The summed E-state index contributed by atoms with van der Waals surface area (Å²) >= 11 is 0. The van der Waals surface area contributed by atoms with Crippen LogP contribution in [0.1, 0.15) is 18.5 Å². The lowest BCUT2D eigenvalue weighted by atomic mass is 9.99. The van der Waals surface area contributed by atoms with Crippen molar-refractivity contribution in [3.8, 4) is 0 Å². The van der Waals surface area contributed by atoms with Crippen LogP contribution in [0.5, 0.6) is 0 Å². The Morgan fingerprint density at radius 3 is 2.74 bits per heavy atom. The molecule has 2 unspecified atom stereocenters. The SMILES string of the molecule is CCN1CCOC(C(NN)c2c(F)cccc2F)C1. The molecule has 1 aliphatic rings. The molecule has 0 bridgehead atoms. The second-order valence-electron chi connectivity index (χ2n) is 4.58. The topological polar surface area (TPSA) is 50.5 Å². The quantitative estimate of drug-likeness (QED) is 0.638. The third-order valence-corrected chi connectivity index (χ3v) is 3.49. The van der Waals surface area contributed by atoms with E-state index in [0.717, 1.165) is 13.1 Å². The minimum Gasteiger partial charge on any atom is -0.374 e. The first-order valence-corrected chi connectivity index (χ1v) is 6.41. The van der Waals surface area contributed by atoms with Gasteiger partial charge in [-0.3, -0.25) is 16.2 Å². The van der Waals surface area contributed by atoms with Crippen LogP contribution in [0.15, 0.2) is 18.2 Å². The molecule has 0 amide bonds. The molecule has 19 heavy (non-hydrogen) atoms. The van der Waals surface area contributed by atoms with Gasteiger partial charge in [0.15, 0.2) is 0 Å². The number of nitrogens with one attached hydrogen (secondary N) is 1. The van der Waals surface area contributed by atoms with Gasteiger partial charge in [0, 0.05) is 18.7 Å². The first-order valence-electron chi connectivity index (χ1n) is 6.41. The molecule has 2 atom stereocenters. The number of ether oxygens (including phenoxy) is 1. The number of hydrazine groups is 1. The first kappa shape index (κ1) is 14.3. The summed E-state index contributed by atoms with van der Waals surface area (Å²) < 4.78 is 33.2. The number of halogens is 2. The van der Waals surface area contributed by atoms with Crippen LogP contribution in [-0.2, 0) is 4.74 Å². The van der Waals surface area contributed by atoms with E-state index in [1.54, 1.807) is 0 Å². The van der Waals surface area contributed by atoms with E-state index in [1.807, 2.05) is 6.92 Å². The van der Waals surface area contributed by atoms with E-state index >= 15 is 0 Å². The minimum absolute atomic E-state index is 0.0621. The van der Waals surface area contributed by atoms with Gasteiger partial charge >= 0.3 is 0 Å². The van der Waals surface area contributed by atoms with Crippen LogP contribution in [0.4, 0.5) is 8.78 Å². The Hall–Kier alpha value is -1.08. The molecule has 106 valence electrons. The summed E-state index contributed by atoms with van der Waals surface area (Å²) in [5.41, 5.74) is 2.42. The van der Waals surface area contributed by atoms with Gasteiger partial charge in [-0.05, 0) is 18.7 Å². The Balaban J connectivity index is 2.24. The Bertz CT molecular complexity index is 410. The van der Waals surface area contributed by atoms with Gasteiger partial charge in [-0.15, -0.1) is 0 Å². The van der Waals surface area contributed by atoms with Gasteiger partial charge in [-0.2, -0.15) is 0 Å². The fourth-order valence-electron chi connectivity index (χ4n) is 2.40. The maximum absolute atomic E-state index is 13.8. The smallest absolute Gasteiger partial charge is 0.131 e. The summed E-state index contributed by atoms with van der Waals surface area (Å²) in [7, 11) is 0. The molecule has 0 aromatic heterocycles. The highest BCUT2D eigenvalue weighted by Gasteiger charge is 2.31. The zero-order valence-corrected chi connectivity index (χ0v) is 10.9. The molecule has 1 saturated heterocycles. The highest BCUT2D eigenvalue weighted by Crippen LogP contribution is 2.26. The predicted molar refractivity (Wildman–Crippen MR) is 68.3 cm³/mol. The first-order chi connectivity index (χ1) is 9.17. The van der Waals surface area contributed by atoms with E-state index in [0.29, 0.717) is 13.2 Å².